The maximum atomic E-state index is 12.0. The fraction of sp³-hybridized carbons (Fsp3) is 0.938. The van der Waals surface area contributed by atoms with Crippen molar-refractivity contribution in [3.8, 4) is 0 Å². The Morgan fingerprint density at radius 1 is 1.26 bits per heavy atom. The molecule has 0 spiro atoms. The third-order valence-corrected chi connectivity index (χ3v) is 4.07. The summed E-state index contributed by atoms with van der Waals surface area (Å²) < 4.78 is 0. The van der Waals surface area contributed by atoms with Crippen molar-refractivity contribution in [2.24, 2.45) is 17.1 Å². The van der Waals surface area contributed by atoms with Crippen LogP contribution in [0.2, 0.25) is 0 Å². The van der Waals surface area contributed by atoms with Crippen molar-refractivity contribution in [3.05, 3.63) is 0 Å². The van der Waals surface area contributed by atoms with E-state index in [4.69, 9.17) is 5.73 Å². The third kappa shape index (κ3) is 6.95. The lowest BCUT2D eigenvalue weighted by molar-refractivity contribution is -0.122. The van der Waals surface area contributed by atoms with Crippen LogP contribution in [0.1, 0.15) is 72.6 Å². The second-order valence-electron chi connectivity index (χ2n) is 7.48. The molecule has 0 saturated heterocycles. The molecule has 1 aliphatic rings. The van der Waals surface area contributed by atoms with E-state index in [0.717, 1.165) is 6.42 Å². The molecule has 1 fully saturated rings. The van der Waals surface area contributed by atoms with Crippen molar-refractivity contribution in [1.82, 2.24) is 5.32 Å². The van der Waals surface area contributed by atoms with Crippen LogP contribution in [0.25, 0.3) is 0 Å². The van der Waals surface area contributed by atoms with Gasteiger partial charge in [-0.1, -0.05) is 40.0 Å². The molecular weight excluding hydrogens is 236 g/mol. The number of nitrogens with one attached hydrogen (secondary N) is 1. The van der Waals surface area contributed by atoms with Crippen molar-refractivity contribution in [2.75, 3.05) is 0 Å². The van der Waals surface area contributed by atoms with Crippen LogP contribution in [0.5, 0.6) is 0 Å². The molecule has 112 valence electrons. The van der Waals surface area contributed by atoms with Gasteiger partial charge in [0, 0.05) is 18.5 Å². The summed E-state index contributed by atoms with van der Waals surface area (Å²) in [5.74, 6) is 0.784. The molecule has 0 bridgehead atoms. The van der Waals surface area contributed by atoms with Crippen molar-refractivity contribution in [2.45, 2.75) is 84.7 Å². The zero-order valence-electron chi connectivity index (χ0n) is 13.2. The summed E-state index contributed by atoms with van der Waals surface area (Å²) in [6.07, 6.45) is 7.84. The Hall–Kier alpha value is -0.570. The molecule has 0 aromatic carbocycles. The van der Waals surface area contributed by atoms with E-state index in [1.165, 1.54) is 32.1 Å². The first-order chi connectivity index (χ1) is 8.78. The van der Waals surface area contributed by atoms with Gasteiger partial charge in [0.2, 0.25) is 5.91 Å². The maximum Gasteiger partial charge on any atom is 0.221 e. The van der Waals surface area contributed by atoms with Crippen molar-refractivity contribution in [3.63, 3.8) is 0 Å². The van der Waals surface area contributed by atoms with Crippen LogP contribution in [-0.4, -0.2) is 18.0 Å². The molecule has 0 aromatic heterocycles. The lowest BCUT2D eigenvalue weighted by Crippen LogP contribution is -2.41. The molecule has 1 aliphatic carbocycles. The lowest BCUT2D eigenvalue weighted by Gasteiger charge is -2.29. The summed E-state index contributed by atoms with van der Waals surface area (Å²) in [6, 6.07) is 0.271. The molecule has 0 heterocycles. The monoisotopic (exact) mass is 268 g/mol. The van der Waals surface area contributed by atoms with Crippen molar-refractivity contribution < 1.29 is 4.79 Å². The standard InChI is InChI=1S/C16H32N2O/c1-12(13-8-6-5-7-9-13)18-15(19)10-14(17)11-16(2,3)4/h12-14H,5-11,17H2,1-4H3,(H,18,19)/t12-,14?/m1/s1. The zero-order valence-corrected chi connectivity index (χ0v) is 13.2. The van der Waals surface area contributed by atoms with Crippen LogP contribution in [0, 0.1) is 11.3 Å². The largest absolute Gasteiger partial charge is 0.353 e. The van der Waals surface area contributed by atoms with E-state index in [9.17, 15) is 4.79 Å². The Morgan fingerprint density at radius 3 is 2.37 bits per heavy atom. The predicted molar refractivity (Wildman–Crippen MR) is 80.8 cm³/mol. The van der Waals surface area contributed by atoms with Crippen LogP contribution in [0.4, 0.5) is 0 Å². The molecule has 1 amide bonds. The Bertz CT molecular complexity index is 277. The number of carbonyl (C=O) groups excluding carboxylic acids is 1. The van der Waals surface area contributed by atoms with E-state index in [1.54, 1.807) is 0 Å². The van der Waals surface area contributed by atoms with Crippen LogP contribution < -0.4 is 11.1 Å². The summed E-state index contributed by atoms with van der Waals surface area (Å²) in [7, 11) is 0. The predicted octanol–water partition coefficient (Wildman–Crippen LogP) is 3.23. The fourth-order valence-corrected chi connectivity index (χ4v) is 3.16. The molecular formula is C16H32N2O. The van der Waals surface area contributed by atoms with Gasteiger partial charge < -0.3 is 11.1 Å². The van der Waals surface area contributed by atoms with Crippen molar-refractivity contribution >= 4 is 5.91 Å². The van der Waals surface area contributed by atoms with Crippen molar-refractivity contribution in [1.29, 1.82) is 0 Å². The third-order valence-electron chi connectivity index (χ3n) is 4.07. The molecule has 3 nitrogen and oxygen atoms in total. The minimum atomic E-state index is -0.0291. The number of hydrogen-bond acceptors (Lipinski definition) is 2. The van der Waals surface area contributed by atoms with Gasteiger partial charge >= 0.3 is 0 Å². The van der Waals surface area contributed by atoms with Gasteiger partial charge in [-0.25, -0.2) is 0 Å². The van der Waals surface area contributed by atoms with Gasteiger partial charge in [-0.2, -0.15) is 0 Å². The van der Waals surface area contributed by atoms with Crippen LogP contribution in [-0.2, 0) is 4.79 Å². The quantitative estimate of drug-likeness (QED) is 0.804. The molecule has 0 aromatic rings. The van der Waals surface area contributed by atoms with Gasteiger partial charge in [-0.05, 0) is 37.5 Å². The van der Waals surface area contributed by atoms with Gasteiger partial charge in [0.05, 0.1) is 0 Å². The molecule has 1 unspecified atom stereocenters. The second-order valence-corrected chi connectivity index (χ2v) is 7.48. The van der Waals surface area contributed by atoms with E-state index in [2.05, 4.69) is 33.0 Å². The molecule has 0 aliphatic heterocycles. The highest BCUT2D eigenvalue weighted by molar-refractivity contribution is 5.76. The van der Waals surface area contributed by atoms with E-state index in [1.807, 2.05) is 0 Å². The Morgan fingerprint density at radius 2 is 1.84 bits per heavy atom. The molecule has 0 radical (unpaired) electrons. The van der Waals surface area contributed by atoms with Gasteiger partial charge in [-0.3, -0.25) is 4.79 Å². The Labute approximate surface area is 118 Å². The number of hydrogen-bond donors (Lipinski definition) is 2. The fourth-order valence-electron chi connectivity index (χ4n) is 3.16. The second kappa shape index (κ2) is 7.28. The molecule has 1 saturated carbocycles. The van der Waals surface area contributed by atoms with Gasteiger partial charge in [0.15, 0.2) is 0 Å². The summed E-state index contributed by atoms with van der Waals surface area (Å²) in [5.41, 5.74) is 6.24. The lowest BCUT2D eigenvalue weighted by atomic mass is 9.84. The summed E-state index contributed by atoms with van der Waals surface area (Å²) in [5, 5.41) is 3.15. The number of carbonyl (C=O) groups is 1. The Balaban J connectivity index is 2.29. The molecule has 3 N–H and O–H groups in total. The summed E-state index contributed by atoms with van der Waals surface area (Å²) in [6.45, 7) is 8.63. The minimum Gasteiger partial charge on any atom is -0.353 e. The van der Waals surface area contributed by atoms with Gasteiger partial charge in [0.25, 0.3) is 0 Å². The first kappa shape index (κ1) is 16.5. The molecule has 2 atom stereocenters. The molecule has 19 heavy (non-hydrogen) atoms. The maximum absolute atomic E-state index is 12.0. The Kier molecular flexibility index (Phi) is 6.31. The van der Waals surface area contributed by atoms with Crippen LogP contribution in [0.3, 0.4) is 0 Å². The first-order valence-electron chi connectivity index (χ1n) is 7.83. The average molecular weight is 268 g/mol. The highest BCUT2D eigenvalue weighted by atomic mass is 16.1. The number of nitrogens with two attached hydrogens (primary N) is 1. The summed E-state index contributed by atoms with van der Waals surface area (Å²) in [4.78, 5) is 12.0. The topological polar surface area (TPSA) is 55.1 Å². The zero-order chi connectivity index (χ0) is 14.5. The van der Waals surface area contributed by atoms with E-state index < -0.39 is 0 Å². The van der Waals surface area contributed by atoms with E-state index in [0.29, 0.717) is 18.4 Å². The van der Waals surface area contributed by atoms with Gasteiger partial charge in [0.1, 0.15) is 0 Å². The smallest absolute Gasteiger partial charge is 0.221 e. The number of amides is 1. The summed E-state index contributed by atoms with van der Waals surface area (Å²) >= 11 is 0. The van der Waals surface area contributed by atoms with E-state index >= 15 is 0 Å². The van der Waals surface area contributed by atoms with Crippen LogP contribution >= 0.6 is 0 Å². The first-order valence-corrected chi connectivity index (χ1v) is 7.83. The highest BCUT2D eigenvalue weighted by Crippen LogP contribution is 2.26. The highest BCUT2D eigenvalue weighted by Gasteiger charge is 2.23. The normalized spacial score (nSPS) is 20.9. The van der Waals surface area contributed by atoms with E-state index in [-0.39, 0.29) is 17.4 Å². The number of rotatable bonds is 5. The van der Waals surface area contributed by atoms with Crippen LogP contribution in [0.15, 0.2) is 0 Å². The molecule has 1 rings (SSSR count). The molecule has 3 heteroatoms. The van der Waals surface area contributed by atoms with Gasteiger partial charge in [-0.15, -0.1) is 0 Å². The average Bonchev–Trinajstić information content (AvgIpc) is 2.27. The minimum absolute atomic E-state index is 0.0291. The SMILES string of the molecule is C[C@@H](NC(=O)CC(N)CC(C)(C)C)C1CCCCC1.